The van der Waals surface area contributed by atoms with Crippen LogP contribution in [0.1, 0.15) is 35.2 Å². The summed E-state index contributed by atoms with van der Waals surface area (Å²) in [5.74, 6) is -0.227. The molecule has 0 unspecified atom stereocenters. The van der Waals surface area contributed by atoms with Gasteiger partial charge in [-0.3, -0.25) is 0 Å². The summed E-state index contributed by atoms with van der Waals surface area (Å²) in [6.45, 7) is 2.49. The van der Waals surface area contributed by atoms with Gasteiger partial charge in [-0.2, -0.15) is 0 Å². The van der Waals surface area contributed by atoms with Crippen molar-refractivity contribution in [3.63, 3.8) is 0 Å². The third-order valence-corrected chi connectivity index (χ3v) is 3.27. The summed E-state index contributed by atoms with van der Waals surface area (Å²) in [4.78, 5) is 22.6. The molecule has 0 radical (unpaired) electrons. The molecule has 2 rings (SSSR count). The van der Waals surface area contributed by atoms with Crippen LogP contribution in [0.3, 0.4) is 0 Å². The number of urea groups is 1. The number of carboxylic acids is 1. The number of amides is 2. The van der Waals surface area contributed by atoms with Crippen molar-refractivity contribution >= 4 is 17.7 Å². The molecule has 1 aliphatic carbocycles. The lowest BCUT2D eigenvalue weighted by Crippen LogP contribution is -2.30. The van der Waals surface area contributed by atoms with Crippen molar-refractivity contribution in [2.45, 2.75) is 26.2 Å². The summed E-state index contributed by atoms with van der Waals surface area (Å²) >= 11 is 0. The van der Waals surface area contributed by atoms with Crippen LogP contribution in [0.25, 0.3) is 0 Å². The smallest absolute Gasteiger partial charge is 0.335 e. The van der Waals surface area contributed by atoms with Gasteiger partial charge in [0.05, 0.1) is 5.56 Å². The van der Waals surface area contributed by atoms with E-state index in [1.807, 2.05) is 6.92 Å². The Balaban J connectivity index is 1.90. The Hall–Kier alpha value is -2.04. The Morgan fingerprint density at radius 3 is 2.74 bits per heavy atom. The van der Waals surface area contributed by atoms with Gasteiger partial charge in [0, 0.05) is 12.2 Å². The number of hydrogen-bond donors (Lipinski definition) is 3. The van der Waals surface area contributed by atoms with Gasteiger partial charge in [0.2, 0.25) is 0 Å². The van der Waals surface area contributed by atoms with Crippen molar-refractivity contribution in [1.82, 2.24) is 5.32 Å². The molecule has 1 aliphatic rings. The predicted molar refractivity (Wildman–Crippen MR) is 72.5 cm³/mol. The van der Waals surface area contributed by atoms with Crippen LogP contribution in [-0.4, -0.2) is 23.7 Å². The molecular weight excluding hydrogens is 244 g/mol. The fourth-order valence-corrected chi connectivity index (χ4v) is 1.85. The van der Waals surface area contributed by atoms with Crippen LogP contribution < -0.4 is 10.6 Å². The second-order valence-electron chi connectivity index (χ2n) is 4.95. The van der Waals surface area contributed by atoms with Crippen molar-refractivity contribution in [3.8, 4) is 0 Å². The largest absolute Gasteiger partial charge is 0.478 e. The Kier molecular flexibility index (Phi) is 4.04. The van der Waals surface area contributed by atoms with Crippen molar-refractivity contribution in [2.75, 3.05) is 11.9 Å². The summed E-state index contributed by atoms with van der Waals surface area (Å²) in [5, 5.41) is 14.4. The van der Waals surface area contributed by atoms with E-state index in [1.165, 1.54) is 25.0 Å². The molecule has 19 heavy (non-hydrogen) atoms. The van der Waals surface area contributed by atoms with Crippen LogP contribution in [0.15, 0.2) is 18.2 Å². The minimum absolute atomic E-state index is 0.166. The van der Waals surface area contributed by atoms with Crippen LogP contribution in [0, 0.1) is 12.8 Å². The molecule has 1 saturated carbocycles. The maximum atomic E-state index is 11.7. The monoisotopic (exact) mass is 262 g/mol. The fourth-order valence-electron chi connectivity index (χ4n) is 1.85. The minimum atomic E-state index is -1.00. The van der Waals surface area contributed by atoms with E-state index < -0.39 is 5.97 Å². The van der Waals surface area contributed by atoms with Crippen molar-refractivity contribution < 1.29 is 14.7 Å². The van der Waals surface area contributed by atoms with Crippen LogP contribution in [0.5, 0.6) is 0 Å². The lowest BCUT2D eigenvalue weighted by molar-refractivity contribution is 0.0697. The normalized spacial score (nSPS) is 13.9. The Labute approximate surface area is 112 Å². The van der Waals surface area contributed by atoms with E-state index >= 15 is 0 Å². The van der Waals surface area contributed by atoms with Gasteiger partial charge in [0.15, 0.2) is 0 Å². The zero-order valence-electron chi connectivity index (χ0n) is 10.9. The maximum absolute atomic E-state index is 11.7. The molecule has 5 heteroatoms. The Bertz CT molecular complexity index is 495. The first-order chi connectivity index (χ1) is 9.06. The standard InChI is InChI=1S/C14H18N2O3/c1-9-2-5-11(13(17)18)8-12(9)16-14(19)15-7-6-10-3-4-10/h2,5,8,10H,3-4,6-7H2,1H3,(H,17,18)(H2,15,16,19). The molecule has 1 aromatic rings. The minimum Gasteiger partial charge on any atom is -0.478 e. The quantitative estimate of drug-likeness (QED) is 0.763. The lowest BCUT2D eigenvalue weighted by Gasteiger charge is -2.10. The van der Waals surface area contributed by atoms with Gasteiger partial charge >= 0.3 is 12.0 Å². The molecule has 2 amide bonds. The van der Waals surface area contributed by atoms with Crippen molar-refractivity contribution in [1.29, 1.82) is 0 Å². The van der Waals surface area contributed by atoms with Crippen molar-refractivity contribution in [2.24, 2.45) is 5.92 Å². The molecule has 0 aliphatic heterocycles. The lowest BCUT2D eigenvalue weighted by atomic mass is 10.1. The van der Waals surface area contributed by atoms with E-state index in [9.17, 15) is 9.59 Å². The number of carbonyl (C=O) groups excluding carboxylic acids is 1. The summed E-state index contributed by atoms with van der Waals surface area (Å²) in [7, 11) is 0. The molecule has 0 atom stereocenters. The zero-order chi connectivity index (χ0) is 13.8. The fraction of sp³-hybridized carbons (Fsp3) is 0.429. The molecule has 102 valence electrons. The average Bonchev–Trinajstić information content (AvgIpc) is 3.15. The molecule has 0 bridgehead atoms. The van der Waals surface area contributed by atoms with Gasteiger partial charge < -0.3 is 15.7 Å². The molecule has 0 aromatic heterocycles. The maximum Gasteiger partial charge on any atom is 0.335 e. The number of aromatic carboxylic acids is 1. The highest BCUT2D eigenvalue weighted by atomic mass is 16.4. The van der Waals surface area contributed by atoms with Crippen molar-refractivity contribution in [3.05, 3.63) is 29.3 Å². The predicted octanol–water partition coefficient (Wildman–Crippen LogP) is 2.61. The number of carbonyl (C=O) groups is 2. The highest BCUT2D eigenvalue weighted by Gasteiger charge is 2.20. The molecule has 1 fully saturated rings. The number of aryl methyl sites for hydroxylation is 1. The topological polar surface area (TPSA) is 78.4 Å². The van der Waals surface area contributed by atoms with E-state index in [0.29, 0.717) is 12.2 Å². The average molecular weight is 262 g/mol. The van der Waals surface area contributed by atoms with E-state index in [-0.39, 0.29) is 11.6 Å². The second-order valence-corrected chi connectivity index (χ2v) is 4.95. The molecule has 0 spiro atoms. The molecule has 3 N–H and O–H groups in total. The highest BCUT2D eigenvalue weighted by molar-refractivity contribution is 5.93. The number of nitrogens with one attached hydrogen (secondary N) is 2. The van der Waals surface area contributed by atoms with E-state index in [0.717, 1.165) is 17.9 Å². The summed E-state index contributed by atoms with van der Waals surface area (Å²) in [6.07, 6.45) is 3.55. The number of rotatable bonds is 5. The van der Waals surface area contributed by atoms with Gasteiger partial charge in [0.25, 0.3) is 0 Å². The Morgan fingerprint density at radius 2 is 2.11 bits per heavy atom. The third kappa shape index (κ3) is 3.98. The number of hydrogen-bond acceptors (Lipinski definition) is 2. The van der Waals surface area contributed by atoms with Crippen LogP contribution in [-0.2, 0) is 0 Å². The molecule has 0 saturated heterocycles. The molecule has 0 heterocycles. The summed E-state index contributed by atoms with van der Waals surface area (Å²) in [5.41, 5.74) is 1.53. The van der Waals surface area contributed by atoms with Gasteiger partial charge in [-0.05, 0) is 37.0 Å². The summed E-state index contributed by atoms with van der Waals surface area (Å²) in [6, 6.07) is 4.39. The second kappa shape index (κ2) is 5.73. The first-order valence-electron chi connectivity index (χ1n) is 6.45. The SMILES string of the molecule is Cc1ccc(C(=O)O)cc1NC(=O)NCCC1CC1. The van der Waals surface area contributed by atoms with Gasteiger partial charge in [-0.25, -0.2) is 9.59 Å². The van der Waals surface area contributed by atoms with E-state index in [1.54, 1.807) is 6.07 Å². The summed E-state index contributed by atoms with van der Waals surface area (Å²) < 4.78 is 0. The molecule has 5 nitrogen and oxygen atoms in total. The van der Waals surface area contributed by atoms with Gasteiger partial charge in [0.1, 0.15) is 0 Å². The van der Waals surface area contributed by atoms with Gasteiger partial charge in [-0.1, -0.05) is 18.9 Å². The van der Waals surface area contributed by atoms with E-state index in [2.05, 4.69) is 10.6 Å². The number of carboxylic acid groups (broad SMARTS) is 1. The molecule has 1 aromatic carbocycles. The molecular formula is C14H18N2O3. The Morgan fingerprint density at radius 1 is 1.37 bits per heavy atom. The van der Waals surface area contributed by atoms with Crippen LogP contribution in [0.2, 0.25) is 0 Å². The first-order valence-corrected chi connectivity index (χ1v) is 6.45. The third-order valence-electron chi connectivity index (χ3n) is 3.27. The first kappa shape index (κ1) is 13.4. The van der Waals surface area contributed by atoms with E-state index in [4.69, 9.17) is 5.11 Å². The van der Waals surface area contributed by atoms with Crippen LogP contribution in [0.4, 0.5) is 10.5 Å². The van der Waals surface area contributed by atoms with Crippen LogP contribution >= 0.6 is 0 Å². The van der Waals surface area contributed by atoms with Gasteiger partial charge in [-0.15, -0.1) is 0 Å². The number of anilines is 1. The highest BCUT2D eigenvalue weighted by Crippen LogP contribution is 2.31. The number of benzene rings is 1. The zero-order valence-corrected chi connectivity index (χ0v) is 10.9.